The van der Waals surface area contributed by atoms with E-state index in [0.717, 1.165) is 102 Å². The molecule has 0 aliphatic heterocycles. The highest BCUT2D eigenvalue weighted by Gasteiger charge is 2.30. The molecule has 0 aromatic carbocycles. The average molecular weight is 1510 g/mol. The maximum Gasteiger partial charge on any atom is 0.472 e. The van der Waals surface area contributed by atoms with Crippen molar-refractivity contribution in [2.75, 3.05) is 39.6 Å². The first kappa shape index (κ1) is 101. The third-order valence-electron chi connectivity index (χ3n) is 20.4. The van der Waals surface area contributed by atoms with Crippen LogP contribution in [-0.2, 0) is 65.4 Å². The van der Waals surface area contributed by atoms with Crippen LogP contribution in [0.2, 0.25) is 0 Å². The van der Waals surface area contributed by atoms with Crippen molar-refractivity contribution >= 4 is 39.5 Å². The van der Waals surface area contributed by atoms with Crippen molar-refractivity contribution in [3.63, 3.8) is 0 Å². The van der Waals surface area contributed by atoms with E-state index in [4.69, 9.17) is 37.0 Å². The normalized spacial score (nSPS) is 14.4. The highest BCUT2D eigenvalue weighted by atomic mass is 31.2. The van der Waals surface area contributed by atoms with Crippen LogP contribution >= 0.6 is 15.6 Å². The molecule has 103 heavy (non-hydrogen) atoms. The van der Waals surface area contributed by atoms with Gasteiger partial charge < -0.3 is 33.8 Å². The van der Waals surface area contributed by atoms with E-state index in [2.05, 4.69) is 41.5 Å². The molecule has 0 aromatic rings. The van der Waals surface area contributed by atoms with Crippen LogP contribution in [0.1, 0.15) is 446 Å². The van der Waals surface area contributed by atoms with Gasteiger partial charge in [0.2, 0.25) is 0 Å². The van der Waals surface area contributed by atoms with Gasteiger partial charge in [-0.05, 0) is 37.5 Å². The summed E-state index contributed by atoms with van der Waals surface area (Å²) in [5.41, 5.74) is 0. The van der Waals surface area contributed by atoms with Gasteiger partial charge >= 0.3 is 39.5 Å². The molecule has 0 aromatic heterocycles. The number of carbonyl (C=O) groups is 4. The summed E-state index contributed by atoms with van der Waals surface area (Å²) < 4.78 is 68.7. The van der Waals surface area contributed by atoms with Gasteiger partial charge in [0, 0.05) is 25.7 Å². The molecule has 0 amide bonds. The second-order valence-corrected chi connectivity index (χ2v) is 33.6. The Morgan fingerprint density at radius 1 is 0.272 bits per heavy atom. The molecule has 4 unspecified atom stereocenters. The molecule has 7 atom stereocenters. The van der Waals surface area contributed by atoms with Crippen molar-refractivity contribution in [2.45, 2.75) is 464 Å². The number of phosphoric ester groups is 2. The van der Waals surface area contributed by atoms with Gasteiger partial charge in [-0.2, -0.15) is 0 Å². The number of rotatable bonds is 83. The van der Waals surface area contributed by atoms with Gasteiger partial charge in [0.25, 0.3) is 0 Å². The van der Waals surface area contributed by atoms with Crippen molar-refractivity contribution in [3.8, 4) is 0 Å². The lowest BCUT2D eigenvalue weighted by atomic mass is 9.99. The van der Waals surface area contributed by atoms with Crippen molar-refractivity contribution < 1.29 is 80.2 Å². The van der Waals surface area contributed by atoms with Gasteiger partial charge in [-0.15, -0.1) is 0 Å². The Hall–Kier alpha value is -1.94. The third kappa shape index (κ3) is 75.3. The number of ether oxygens (including phenoxy) is 4. The number of unbranched alkanes of at least 4 members (excludes halogenated alkanes) is 51. The van der Waals surface area contributed by atoms with Gasteiger partial charge in [-0.1, -0.05) is 395 Å². The molecule has 19 heteroatoms. The Kier molecular flexibility index (Phi) is 74.1. The zero-order valence-corrected chi connectivity index (χ0v) is 69.4. The molecule has 612 valence electrons. The van der Waals surface area contributed by atoms with E-state index in [1.54, 1.807) is 0 Å². The zero-order chi connectivity index (χ0) is 75.6. The van der Waals surface area contributed by atoms with E-state index < -0.39 is 97.5 Å². The van der Waals surface area contributed by atoms with Gasteiger partial charge in [-0.25, -0.2) is 9.13 Å². The molecule has 0 saturated heterocycles. The maximum absolute atomic E-state index is 13.1. The van der Waals surface area contributed by atoms with Gasteiger partial charge in [0.05, 0.1) is 26.4 Å². The first-order valence-electron chi connectivity index (χ1n) is 43.6. The van der Waals surface area contributed by atoms with Crippen molar-refractivity contribution in [1.29, 1.82) is 0 Å². The van der Waals surface area contributed by atoms with Crippen molar-refractivity contribution in [2.24, 2.45) is 11.8 Å². The van der Waals surface area contributed by atoms with Gasteiger partial charge in [0.15, 0.2) is 12.2 Å². The molecular formula is C84H164O17P2. The predicted molar refractivity (Wildman–Crippen MR) is 423 cm³/mol. The van der Waals surface area contributed by atoms with Crippen LogP contribution in [0, 0.1) is 11.8 Å². The lowest BCUT2D eigenvalue weighted by Gasteiger charge is -2.21. The number of esters is 4. The first-order chi connectivity index (χ1) is 49.9. The van der Waals surface area contributed by atoms with E-state index in [9.17, 15) is 43.2 Å². The molecular weight excluding hydrogens is 1340 g/mol. The molecule has 0 saturated carbocycles. The lowest BCUT2D eigenvalue weighted by molar-refractivity contribution is -0.161. The Balaban J connectivity index is 5.15. The Morgan fingerprint density at radius 3 is 0.689 bits per heavy atom. The van der Waals surface area contributed by atoms with E-state index in [0.29, 0.717) is 25.7 Å². The van der Waals surface area contributed by atoms with Crippen LogP contribution in [0.5, 0.6) is 0 Å². The van der Waals surface area contributed by atoms with E-state index in [1.165, 1.54) is 263 Å². The van der Waals surface area contributed by atoms with Crippen LogP contribution < -0.4 is 0 Å². The zero-order valence-electron chi connectivity index (χ0n) is 67.6. The summed E-state index contributed by atoms with van der Waals surface area (Å²) in [6.45, 7) is 9.64. The van der Waals surface area contributed by atoms with Crippen LogP contribution in [0.4, 0.5) is 0 Å². The first-order valence-corrected chi connectivity index (χ1v) is 46.6. The van der Waals surface area contributed by atoms with Crippen LogP contribution in [-0.4, -0.2) is 96.7 Å². The summed E-state index contributed by atoms with van der Waals surface area (Å²) in [7, 11) is -9.92. The van der Waals surface area contributed by atoms with Crippen molar-refractivity contribution in [3.05, 3.63) is 0 Å². The van der Waals surface area contributed by atoms with Crippen LogP contribution in [0.3, 0.4) is 0 Å². The molecule has 3 N–H and O–H groups in total. The molecule has 0 spiro atoms. The summed E-state index contributed by atoms with van der Waals surface area (Å²) in [4.78, 5) is 73.0. The fourth-order valence-electron chi connectivity index (χ4n) is 13.0. The third-order valence-corrected chi connectivity index (χ3v) is 22.3. The average Bonchev–Trinajstić information content (AvgIpc) is 0.951. The molecule has 0 rings (SSSR count). The van der Waals surface area contributed by atoms with E-state index in [-0.39, 0.29) is 25.7 Å². The topological polar surface area (TPSA) is 237 Å². The SMILES string of the molecule is CCCCCCCCCCCCCCCCCCCCCCCCC(=O)OC[C@H](COP(=O)(O)OC[C@@H](O)COP(=O)(O)OC[C@@H](COC(=O)CCCCCCCCCCC)OC(=O)CCCCCCCCC(C)CC)OC(=O)CCCCCCCCCCCCCCCCCCCCC(C)CC. The molecule has 0 heterocycles. The predicted octanol–water partition coefficient (Wildman–Crippen LogP) is 25.5. The number of carbonyl (C=O) groups excluding carboxylic acids is 4. The molecule has 0 aliphatic carbocycles. The van der Waals surface area contributed by atoms with Crippen LogP contribution in [0.15, 0.2) is 0 Å². The second kappa shape index (κ2) is 75.5. The largest absolute Gasteiger partial charge is 0.472 e. The number of aliphatic hydroxyl groups is 1. The quantitative estimate of drug-likeness (QED) is 0.0222. The Labute approximate surface area is 632 Å². The molecule has 17 nitrogen and oxygen atoms in total. The van der Waals surface area contributed by atoms with Gasteiger partial charge in [0.1, 0.15) is 19.3 Å². The number of phosphoric acid groups is 2. The van der Waals surface area contributed by atoms with E-state index >= 15 is 0 Å². The highest BCUT2D eigenvalue weighted by molar-refractivity contribution is 7.47. The minimum absolute atomic E-state index is 0.103. The number of hydrogen-bond donors (Lipinski definition) is 3. The van der Waals surface area contributed by atoms with Gasteiger partial charge in [-0.3, -0.25) is 37.3 Å². The Bertz CT molecular complexity index is 1980. The smallest absolute Gasteiger partial charge is 0.462 e. The fourth-order valence-corrected chi connectivity index (χ4v) is 14.6. The minimum atomic E-state index is -4.96. The Morgan fingerprint density at radius 2 is 0.466 bits per heavy atom. The fraction of sp³-hybridized carbons (Fsp3) is 0.952. The lowest BCUT2D eigenvalue weighted by Crippen LogP contribution is -2.30. The molecule has 0 fully saturated rings. The van der Waals surface area contributed by atoms with Crippen molar-refractivity contribution in [1.82, 2.24) is 0 Å². The number of aliphatic hydroxyl groups excluding tert-OH is 1. The van der Waals surface area contributed by atoms with Crippen LogP contribution in [0.25, 0.3) is 0 Å². The monoisotopic (exact) mass is 1510 g/mol. The summed E-state index contributed by atoms with van der Waals surface area (Å²) in [6.07, 6.45) is 67.0. The molecule has 0 radical (unpaired) electrons. The summed E-state index contributed by atoms with van der Waals surface area (Å²) in [5, 5.41) is 10.6. The minimum Gasteiger partial charge on any atom is -0.462 e. The van der Waals surface area contributed by atoms with E-state index in [1.807, 2.05) is 0 Å². The molecule has 0 bridgehead atoms. The summed E-state index contributed by atoms with van der Waals surface area (Å²) >= 11 is 0. The number of hydrogen-bond acceptors (Lipinski definition) is 15. The summed E-state index contributed by atoms with van der Waals surface area (Å²) in [6, 6.07) is 0. The molecule has 0 aliphatic rings. The maximum atomic E-state index is 13.1. The standard InChI is InChI=1S/C84H164O17P2/c1-7-11-13-15-17-19-20-21-22-23-24-25-26-27-31-34-37-40-44-48-55-61-67-82(87)95-72-79(100-83(88)68-62-56-49-45-41-38-35-32-29-28-30-33-36-39-43-46-52-58-64-76(5)9-3)74-98-102(90,91)96-70-78(85)71-97-103(92,93)99-75-80(73-94-81(86)66-60-54-47-42-18-16-14-12-8-2)101-84(89)69-63-57-51-50-53-59-65-77(6)10-4/h76-80,85H,7-75H2,1-6H3,(H,90,91)(H,92,93)/t76?,77?,78-,79-,80-/m1/s1. The second-order valence-electron chi connectivity index (χ2n) is 30.7. The highest BCUT2D eigenvalue weighted by Crippen LogP contribution is 2.45. The summed E-state index contributed by atoms with van der Waals surface area (Å²) in [5.74, 6) is -0.521.